The lowest BCUT2D eigenvalue weighted by atomic mass is 10.2. The smallest absolute Gasteiger partial charge is 0.178 e. The molecule has 7 heteroatoms. The van der Waals surface area contributed by atoms with Crippen LogP contribution in [0.5, 0.6) is 11.5 Å². The van der Waals surface area contributed by atoms with Crippen LogP contribution in [0.3, 0.4) is 0 Å². The fourth-order valence-corrected chi connectivity index (χ4v) is 2.60. The number of aromatic amines is 1. The molecule has 0 saturated heterocycles. The molecule has 2 heterocycles. The third-order valence-corrected chi connectivity index (χ3v) is 3.82. The van der Waals surface area contributed by atoms with Gasteiger partial charge in [0.2, 0.25) is 0 Å². The number of fused-ring (bicyclic) bond motifs is 1. The van der Waals surface area contributed by atoms with Crippen LogP contribution in [0.2, 0.25) is 0 Å². The number of hydrogen-bond acceptors (Lipinski definition) is 4. The van der Waals surface area contributed by atoms with Gasteiger partial charge in [0.15, 0.2) is 16.3 Å². The second-order valence-corrected chi connectivity index (χ2v) is 5.08. The minimum atomic E-state index is 0.595. The van der Waals surface area contributed by atoms with Gasteiger partial charge < -0.3 is 23.6 Å². The van der Waals surface area contributed by atoms with Crippen molar-refractivity contribution < 1.29 is 9.47 Å². The number of methoxy groups -OCH3 is 2. The Kier molecular flexibility index (Phi) is 3.42. The molecule has 0 aliphatic heterocycles. The molecule has 2 aromatic heterocycles. The molecular weight excluding hydrogens is 288 g/mol. The highest BCUT2D eigenvalue weighted by Crippen LogP contribution is 2.32. The quantitative estimate of drug-likeness (QED) is 0.752. The fraction of sp³-hybridized carbons (Fsp3) is 0.286. The Labute approximate surface area is 126 Å². The maximum Gasteiger partial charge on any atom is 0.178 e. The van der Waals surface area contributed by atoms with E-state index >= 15 is 0 Å². The Morgan fingerprint density at radius 1 is 1.24 bits per heavy atom. The van der Waals surface area contributed by atoms with E-state index in [4.69, 9.17) is 21.7 Å². The number of H-pyrrole nitrogens is 1. The first-order valence-electron chi connectivity index (χ1n) is 6.44. The fourth-order valence-electron chi connectivity index (χ4n) is 2.33. The minimum Gasteiger partial charge on any atom is -0.493 e. The van der Waals surface area contributed by atoms with Crippen LogP contribution in [0.4, 0.5) is 0 Å². The molecule has 0 fully saturated rings. The molecule has 0 bridgehead atoms. The SMILES string of the molecule is COc1cc2[nH]c(=S)n(Cc3nccn3C)c2cc1OC. The molecule has 6 nitrogen and oxygen atoms in total. The van der Waals surface area contributed by atoms with Crippen molar-refractivity contribution in [3.8, 4) is 11.5 Å². The summed E-state index contributed by atoms with van der Waals surface area (Å²) < 4.78 is 15.3. The number of benzene rings is 1. The number of rotatable bonds is 4. The van der Waals surface area contributed by atoms with Gasteiger partial charge in [-0.3, -0.25) is 0 Å². The van der Waals surface area contributed by atoms with Gasteiger partial charge in [0, 0.05) is 31.6 Å². The Morgan fingerprint density at radius 2 is 1.95 bits per heavy atom. The van der Waals surface area contributed by atoms with E-state index in [0.29, 0.717) is 22.8 Å². The van der Waals surface area contributed by atoms with Crippen LogP contribution in [-0.4, -0.2) is 33.3 Å². The van der Waals surface area contributed by atoms with Gasteiger partial charge in [0.05, 0.1) is 31.8 Å². The minimum absolute atomic E-state index is 0.595. The molecule has 21 heavy (non-hydrogen) atoms. The first kappa shape index (κ1) is 13.7. The summed E-state index contributed by atoms with van der Waals surface area (Å²) in [6, 6.07) is 3.81. The molecule has 3 aromatic rings. The van der Waals surface area contributed by atoms with Crippen LogP contribution >= 0.6 is 12.2 Å². The summed E-state index contributed by atoms with van der Waals surface area (Å²) in [6.45, 7) is 0.595. The Morgan fingerprint density at radius 3 is 2.57 bits per heavy atom. The van der Waals surface area contributed by atoms with Crippen LogP contribution in [0.1, 0.15) is 5.82 Å². The van der Waals surface area contributed by atoms with E-state index in [-0.39, 0.29) is 0 Å². The molecule has 0 aliphatic rings. The van der Waals surface area contributed by atoms with E-state index in [0.717, 1.165) is 16.9 Å². The number of hydrogen-bond donors (Lipinski definition) is 1. The number of aromatic nitrogens is 4. The average Bonchev–Trinajstić information content (AvgIpc) is 3.02. The predicted molar refractivity (Wildman–Crippen MR) is 82.5 cm³/mol. The van der Waals surface area contributed by atoms with Gasteiger partial charge in [-0.1, -0.05) is 0 Å². The molecule has 0 amide bonds. The van der Waals surface area contributed by atoms with Crippen molar-refractivity contribution in [2.45, 2.75) is 6.54 Å². The number of nitrogens with one attached hydrogen (secondary N) is 1. The van der Waals surface area contributed by atoms with Gasteiger partial charge in [-0.2, -0.15) is 0 Å². The lowest BCUT2D eigenvalue weighted by molar-refractivity contribution is 0.355. The highest BCUT2D eigenvalue weighted by Gasteiger charge is 2.12. The second kappa shape index (κ2) is 5.25. The standard InChI is InChI=1S/C14H16N4O2S/c1-17-5-4-15-13(17)8-18-10-7-12(20-3)11(19-2)6-9(10)16-14(18)21/h4-7H,8H2,1-3H3,(H,16,21). The topological polar surface area (TPSA) is 57.0 Å². The molecule has 0 radical (unpaired) electrons. The summed E-state index contributed by atoms with van der Waals surface area (Å²) in [5.74, 6) is 2.28. The van der Waals surface area contributed by atoms with Crippen LogP contribution in [0, 0.1) is 4.77 Å². The lowest BCUT2D eigenvalue weighted by Crippen LogP contribution is -2.05. The van der Waals surface area contributed by atoms with Crippen molar-refractivity contribution in [2.75, 3.05) is 14.2 Å². The lowest BCUT2D eigenvalue weighted by Gasteiger charge is -2.09. The highest BCUT2D eigenvalue weighted by molar-refractivity contribution is 7.71. The van der Waals surface area contributed by atoms with Crippen molar-refractivity contribution >= 4 is 23.3 Å². The summed E-state index contributed by atoms with van der Waals surface area (Å²) in [5.41, 5.74) is 1.87. The molecule has 0 atom stereocenters. The predicted octanol–water partition coefficient (Wildman–Crippen LogP) is 2.50. The molecule has 0 saturated carbocycles. The third kappa shape index (κ3) is 2.29. The molecular formula is C14H16N4O2S. The molecule has 1 aromatic carbocycles. The number of aryl methyl sites for hydroxylation is 1. The van der Waals surface area contributed by atoms with Gasteiger partial charge in [-0.25, -0.2) is 4.98 Å². The summed E-state index contributed by atoms with van der Waals surface area (Å²) in [6.07, 6.45) is 3.69. The van der Waals surface area contributed by atoms with Gasteiger partial charge in [-0.15, -0.1) is 0 Å². The van der Waals surface area contributed by atoms with Gasteiger partial charge >= 0.3 is 0 Å². The van der Waals surface area contributed by atoms with Crippen molar-refractivity contribution in [3.05, 3.63) is 35.1 Å². The maximum atomic E-state index is 5.42. The molecule has 0 spiro atoms. The molecule has 3 rings (SSSR count). The van der Waals surface area contributed by atoms with Crippen LogP contribution < -0.4 is 9.47 Å². The number of ether oxygens (including phenoxy) is 2. The zero-order valence-electron chi connectivity index (χ0n) is 12.1. The summed E-state index contributed by atoms with van der Waals surface area (Å²) in [7, 11) is 5.20. The largest absolute Gasteiger partial charge is 0.493 e. The van der Waals surface area contributed by atoms with E-state index in [9.17, 15) is 0 Å². The Bertz CT molecular complexity index is 846. The van der Waals surface area contributed by atoms with Gasteiger partial charge in [0.25, 0.3) is 0 Å². The molecule has 0 unspecified atom stereocenters. The molecule has 110 valence electrons. The van der Waals surface area contributed by atoms with E-state index < -0.39 is 0 Å². The number of imidazole rings is 2. The van der Waals surface area contributed by atoms with Crippen molar-refractivity contribution in [2.24, 2.45) is 7.05 Å². The summed E-state index contributed by atoms with van der Waals surface area (Å²) in [5, 5.41) is 0. The van der Waals surface area contributed by atoms with Gasteiger partial charge in [0.1, 0.15) is 5.82 Å². The number of nitrogens with zero attached hydrogens (tertiary/aromatic N) is 3. The zero-order valence-corrected chi connectivity index (χ0v) is 12.9. The van der Waals surface area contributed by atoms with Crippen LogP contribution in [0.15, 0.2) is 24.5 Å². The summed E-state index contributed by atoms with van der Waals surface area (Å²) >= 11 is 5.42. The zero-order chi connectivity index (χ0) is 15.0. The highest BCUT2D eigenvalue weighted by atomic mass is 32.1. The maximum absolute atomic E-state index is 5.42. The normalized spacial score (nSPS) is 11.0. The Hall–Kier alpha value is -2.28. The van der Waals surface area contributed by atoms with Crippen LogP contribution in [-0.2, 0) is 13.6 Å². The molecule has 1 N–H and O–H groups in total. The van der Waals surface area contributed by atoms with E-state index in [1.807, 2.05) is 34.5 Å². The van der Waals surface area contributed by atoms with Crippen molar-refractivity contribution in [1.82, 2.24) is 19.1 Å². The third-order valence-electron chi connectivity index (χ3n) is 3.50. The summed E-state index contributed by atoms with van der Waals surface area (Å²) in [4.78, 5) is 7.53. The second-order valence-electron chi connectivity index (χ2n) is 4.70. The van der Waals surface area contributed by atoms with Crippen molar-refractivity contribution in [1.29, 1.82) is 0 Å². The first-order valence-corrected chi connectivity index (χ1v) is 6.85. The first-order chi connectivity index (χ1) is 10.1. The Balaban J connectivity index is 2.16. The monoisotopic (exact) mass is 304 g/mol. The van der Waals surface area contributed by atoms with Crippen LogP contribution in [0.25, 0.3) is 11.0 Å². The van der Waals surface area contributed by atoms with Crippen molar-refractivity contribution in [3.63, 3.8) is 0 Å². The van der Waals surface area contributed by atoms with E-state index in [1.165, 1.54) is 0 Å². The van der Waals surface area contributed by atoms with E-state index in [2.05, 4.69) is 9.97 Å². The average molecular weight is 304 g/mol. The van der Waals surface area contributed by atoms with Gasteiger partial charge in [-0.05, 0) is 12.2 Å². The molecule has 0 aliphatic carbocycles. The van der Waals surface area contributed by atoms with E-state index in [1.54, 1.807) is 20.4 Å².